The molecule has 4 aromatic rings. The third kappa shape index (κ3) is 4.74. The summed E-state index contributed by atoms with van der Waals surface area (Å²) in [6, 6.07) is 17.9. The van der Waals surface area contributed by atoms with Gasteiger partial charge >= 0.3 is 0 Å². The Labute approximate surface area is 177 Å². The summed E-state index contributed by atoms with van der Waals surface area (Å²) in [5.74, 6) is 0.432. The molecule has 4 N–H and O–H groups in total. The molecule has 1 atom stereocenters. The van der Waals surface area contributed by atoms with Crippen LogP contribution in [0, 0.1) is 5.82 Å². The molecule has 1 aromatic heterocycles. The molecule has 0 unspecified atom stereocenters. The van der Waals surface area contributed by atoms with Crippen LogP contribution in [-0.4, -0.2) is 33.8 Å². The van der Waals surface area contributed by atoms with Crippen LogP contribution in [0.2, 0.25) is 0 Å². The zero-order chi connectivity index (χ0) is 21.8. The molecular formula is C24H21FN2O4. The molecule has 0 saturated heterocycles. The number of fused-ring (bicyclic) bond motifs is 1. The third-order valence-corrected chi connectivity index (χ3v) is 4.86. The lowest BCUT2D eigenvalue weighted by Gasteiger charge is -2.11. The summed E-state index contributed by atoms with van der Waals surface area (Å²) in [5, 5.41) is 22.5. The Balaban J connectivity index is 1.51. The number of carbonyl (C=O) groups excluding carboxylic acids is 1. The van der Waals surface area contributed by atoms with Crippen molar-refractivity contribution in [2.45, 2.75) is 12.5 Å². The second-order valence-corrected chi connectivity index (χ2v) is 7.12. The minimum atomic E-state index is -0.899. The summed E-state index contributed by atoms with van der Waals surface area (Å²) >= 11 is 0. The molecule has 0 aliphatic carbocycles. The maximum atomic E-state index is 13.0. The summed E-state index contributed by atoms with van der Waals surface area (Å²) < 4.78 is 18.7. The number of aromatic nitrogens is 1. The smallest absolute Gasteiger partial charge is 0.256 e. The number of hydrogen-bond acceptors (Lipinski definition) is 4. The van der Waals surface area contributed by atoms with Crippen LogP contribution >= 0.6 is 0 Å². The lowest BCUT2D eigenvalue weighted by atomic mass is 10.0. The Morgan fingerprint density at radius 3 is 2.39 bits per heavy atom. The SMILES string of the molecule is O=C(Nc1ccc(Oc2ccc(F)cc2)cc1)c1cccc2[nH]cc(C[C@H](O)CO)c12. The lowest BCUT2D eigenvalue weighted by molar-refractivity contribution is 0.0956. The van der Waals surface area contributed by atoms with Crippen molar-refractivity contribution >= 4 is 22.5 Å². The van der Waals surface area contributed by atoms with E-state index in [1.165, 1.54) is 24.3 Å². The van der Waals surface area contributed by atoms with Gasteiger partial charge in [0.1, 0.15) is 17.3 Å². The standard InChI is InChI=1S/C24H21FN2O4/c25-16-4-8-19(9-5-16)31-20-10-6-17(7-11-20)27-24(30)21-2-1-3-22-23(21)15(13-26-22)12-18(29)14-28/h1-11,13,18,26,28-29H,12,14H2,(H,27,30)/t18-/m0/s1. The summed E-state index contributed by atoms with van der Waals surface area (Å²) in [6.07, 6.45) is 1.07. The Morgan fingerprint density at radius 2 is 1.71 bits per heavy atom. The molecule has 0 radical (unpaired) electrons. The van der Waals surface area contributed by atoms with Crippen LogP contribution in [0.1, 0.15) is 15.9 Å². The molecule has 0 aliphatic heterocycles. The summed E-state index contributed by atoms with van der Waals surface area (Å²) in [5.41, 5.74) is 2.58. The first-order chi connectivity index (χ1) is 15.0. The van der Waals surface area contributed by atoms with Gasteiger partial charge in [0.25, 0.3) is 5.91 Å². The van der Waals surface area contributed by atoms with E-state index < -0.39 is 6.10 Å². The second kappa shape index (κ2) is 8.99. The first kappa shape index (κ1) is 20.6. The number of ether oxygens (including phenoxy) is 1. The number of amides is 1. The van der Waals surface area contributed by atoms with E-state index in [0.29, 0.717) is 28.1 Å². The largest absolute Gasteiger partial charge is 0.457 e. The molecule has 0 aliphatic rings. The molecule has 7 heteroatoms. The number of H-pyrrole nitrogens is 1. The molecule has 1 heterocycles. The number of aliphatic hydroxyl groups excluding tert-OH is 2. The van der Waals surface area contributed by atoms with E-state index in [0.717, 1.165) is 11.1 Å². The number of aliphatic hydroxyl groups is 2. The number of rotatable bonds is 7. The number of carbonyl (C=O) groups is 1. The number of anilines is 1. The van der Waals surface area contributed by atoms with Gasteiger partial charge in [-0.15, -0.1) is 0 Å². The van der Waals surface area contributed by atoms with Gasteiger partial charge in [-0.1, -0.05) is 6.07 Å². The second-order valence-electron chi connectivity index (χ2n) is 7.12. The highest BCUT2D eigenvalue weighted by atomic mass is 19.1. The number of halogens is 1. The maximum absolute atomic E-state index is 13.0. The maximum Gasteiger partial charge on any atom is 0.256 e. The Kier molecular flexibility index (Phi) is 5.97. The predicted molar refractivity (Wildman–Crippen MR) is 116 cm³/mol. The fourth-order valence-corrected chi connectivity index (χ4v) is 3.37. The fraction of sp³-hybridized carbons (Fsp3) is 0.125. The van der Waals surface area contributed by atoms with Crippen LogP contribution < -0.4 is 10.1 Å². The van der Waals surface area contributed by atoms with E-state index in [1.54, 1.807) is 42.6 Å². The van der Waals surface area contributed by atoms with Gasteiger partial charge in [-0.05, 0) is 66.2 Å². The van der Waals surface area contributed by atoms with Gasteiger partial charge in [-0.25, -0.2) is 4.39 Å². The number of nitrogens with one attached hydrogen (secondary N) is 2. The van der Waals surface area contributed by atoms with Crippen LogP contribution in [0.5, 0.6) is 11.5 Å². The average Bonchev–Trinajstić information content (AvgIpc) is 3.19. The molecule has 3 aromatic carbocycles. The topological polar surface area (TPSA) is 94.6 Å². The van der Waals surface area contributed by atoms with E-state index in [-0.39, 0.29) is 24.8 Å². The van der Waals surface area contributed by atoms with Crippen LogP contribution in [-0.2, 0) is 6.42 Å². The highest BCUT2D eigenvalue weighted by molar-refractivity contribution is 6.13. The minimum absolute atomic E-state index is 0.232. The summed E-state index contributed by atoms with van der Waals surface area (Å²) in [6.45, 7) is -0.354. The van der Waals surface area contributed by atoms with Gasteiger partial charge in [-0.3, -0.25) is 4.79 Å². The third-order valence-electron chi connectivity index (χ3n) is 4.86. The monoisotopic (exact) mass is 420 g/mol. The summed E-state index contributed by atoms with van der Waals surface area (Å²) in [4.78, 5) is 16.0. The van der Waals surface area contributed by atoms with Crippen molar-refractivity contribution in [1.82, 2.24) is 4.98 Å². The van der Waals surface area contributed by atoms with E-state index in [1.807, 2.05) is 6.07 Å². The minimum Gasteiger partial charge on any atom is -0.457 e. The van der Waals surface area contributed by atoms with Crippen LogP contribution in [0.3, 0.4) is 0 Å². The molecule has 0 saturated carbocycles. The van der Waals surface area contributed by atoms with Crippen LogP contribution in [0.15, 0.2) is 72.9 Å². The highest BCUT2D eigenvalue weighted by Crippen LogP contribution is 2.26. The van der Waals surface area contributed by atoms with Gasteiger partial charge in [-0.2, -0.15) is 0 Å². The first-order valence-corrected chi connectivity index (χ1v) is 9.76. The van der Waals surface area contributed by atoms with Gasteiger partial charge in [0.2, 0.25) is 0 Å². The van der Waals surface area contributed by atoms with Crippen molar-refractivity contribution in [2.75, 3.05) is 11.9 Å². The summed E-state index contributed by atoms with van der Waals surface area (Å²) in [7, 11) is 0. The molecule has 0 spiro atoms. The van der Waals surface area contributed by atoms with E-state index in [2.05, 4.69) is 10.3 Å². The molecule has 31 heavy (non-hydrogen) atoms. The quantitative estimate of drug-likeness (QED) is 0.360. The van der Waals surface area contributed by atoms with Crippen molar-refractivity contribution in [2.24, 2.45) is 0 Å². The molecule has 0 bridgehead atoms. The van der Waals surface area contributed by atoms with Gasteiger partial charge in [0.15, 0.2) is 0 Å². The average molecular weight is 420 g/mol. The van der Waals surface area contributed by atoms with Crippen LogP contribution in [0.4, 0.5) is 10.1 Å². The number of benzene rings is 3. The molecule has 0 fully saturated rings. The van der Waals surface area contributed by atoms with Gasteiger partial charge in [0.05, 0.1) is 12.7 Å². The van der Waals surface area contributed by atoms with E-state index in [4.69, 9.17) is 9.84 Å². The Hall–Kier alpha value is -3.68. The van der Waals surface area contributed by atoms with Crippen molar-refractivity contribution in [3.05, 3.63) is 89.9 Å². The molecular weight excluding hydrogens is 399 g/mol. The lowest BCUT2D eigenvalue weighted by Crippen LogP contribution is -2.16. The van der Waals surface area contributed by atoms with Crippen molar-refractivity contribution in [3.63, 3.8) is 0 Å². The normalized spacial score (nSPS) is 12.0. The van der Waals surface area contributed by atoms with Gasteiger partial charge < -0.3 is 25.3 Å². The Morgan fingerprint density at radius 1 is 1.03 bits per heavy atom. The zero-order valence-corrected chi connectivity index (χ0v) is 16.5. The highest BCUT2D eigenvalue weighted by Gasteiger charge is 2.16. The fourth-order valence-electron chi connectivity index (χ4n) is 3.37. The molecule has 1 amide bonds. The zero-order valence-electron chi connectivity index (χ0n) is 16.5. The predicted octanol–water partition coefficient (Wildman–Crippen LogP) is 4.25. The van der Waals surface area contributed by atoms with Crippen molar-refractivity contribution < 1.29 is 24.1 Å². The molecule has 4 rings (SSSR count). The Bertz CT molecular complexity index is 1190. The number of hydrogen-bond donors (Lipinski definition) is 4. The first-order valence-electron chi connectivity index (χ1n) is 9.76. The van der Waals surface area contributed by atoms with Gasteiger partial charge in [0, 0.05) is 34.8 Å². The van der Waals surface area contributed by atoms with Crippen LogP contribution in [0.25, 0.3) is 10.9 Å². The van der Waals surface area contributed by atoms with E-state index in [9.17, 15) is 14.3 Å². The molecule has 6 nitrogen and oxygen atoms in total. The van der Waals surface area contributed by atoms with E-state index >= 15 is 0 Å². The van der Waals surface area contributed by atoms with Crippen molar-refractivity contribution in [3.8, 4) is 11.5 Å². The molecule has 158 valence electrons. The number of aromatic amines is 1. The van der Waals surface area contributed by atoms with Crippen molar-refractivity contribution in [1.29, 1.82) is 0 Å².